The van der Waals surface area contributed by atoms with Gasteiger partial charge in [-0.15, -0.1) is 0 Å². The average molecular weight is 313 g/mol. The second kappa shape index (κ2) is 5.49. The second-order valence-corrected chi connectivity index (χ2v) is 4.61. The molecule has 0 fully saturated rings. The standard InChI is InChI=1S/C12H10ClFN4O3/c1-6-3-10(19)18(12(20)17(6)2)11-8(14)4-7(13)9(16-11)5-15-21/h3-5,21H,1-2H3/b15-5+. The zero-order chi connectivity index (χ0) is 15.7. The molecule has 0 saturated heterocycles. The maximum absolute atomic E-state index is 14.0. The number of halogens is 2. The third-order valence-corrected chi connectivity index (χ3v) is 3.19. The molecule has 0 aliphatic carbocycles. The summed E-state index contributed by atoms with van der Waals surface area (Å²) in [6.07, 6.45) is 0.870. The highest BCUT2D eigenvalue weighted by atomic mass is 35.5. The summed E-state index contributed by atoms with van der Waals surface area (Å²) in [5.41, 5.74) is -1.13. The van der Waals surface area contributed by atoms with Crippen LogP contribution in [0.25, 0.3) is 5.82 Å². The SMILES string of the molecule is Cc1cc(=O)n(-c2nc(/C=N/O)c(Cl)cc2F)c(=O)n1C. The van der Waals surface area contributed by atoms with Gasteiger partial charge < -0.3 is 9.77 Å². The molecule has 7 nitrogen and oxygen atoms in total. The Hall–Kier alpha value is -2.48. The third kappa shape index (κ3) is 2.57. The lowest BCUT2D eigenvalue weighted by Crippen LogP contribution is -2.39. The molecule has 2 rings (SSSR count). The zero-order valence-corrected chi connectivity index (χ0v) is 11.8. The van der Waals surface area contributed by atoms with Gasteiger partial charge in [0.15, 0.2) is 11.6 Å². The van der Waals surface area contributed by atoms with E-state index in [9.17, 15) is 14.0 Å². The van der Waals surface area contributed by atoms with Gasteiger partial charge in [0.1, 0.15) is 5.69 Å². The number of oxime groups is 1. The van der Waals surface area contributed by atoms with E-state index in [1.54, 1.807) is 6.92 Å². The van der Waals surface area contributed by atoms with Crippen LogP contribution in [0.3, 0.4) is 0 Å². The van der Waals surface area contributed by atoms with E-state index in [2.05, 4.69) is 10.1 Å². The van der Waals surface area contributed by atoms with Crippen molar-refractivity contribution >= 4 is 17.8 Å². The lowest BCUT2D eigenvalue weighted by Gasteiger charge is -2.10. The first-order valence-corrected chi connectivity index (χ1v) is 6.08. The summed E-state index contributed by atoms with van der Waals surface area (Å²) in [6.45, 7) is 1.57. The number of pyridine rings is 1. The smallest absolute Gasteiger partial charge is 0.336 e. The minimum atomic E-state index is -0.946. The molecular weight excluding hydrogens is 303 g/mol. The molecule has 2 aromatic rings. The van der Waals surface area contributed by atoms with E-state index < -0.39 is 22.9 Å². The summed E-state index contributed by atoms with van der Waals surface area (Å²) in [4.78, 5) is 27.8. The van der Waals surface area contributed by atoms with Crippen LogP contribution in [0.2, 0.25) is 5.02 Å². The first kappa shape index (κ1) is 14.9. The molecule has 0 saturated carbocycles. The van der Waals surface area contributed by atoms with E-state index in [1.807, 2.05) is 0 Å². The molecule has 21 heavy (non-hydrogen) atoms. The Labute approximate surface area is 122 Å². The molecule has 0 aliphatic rings. The van der Waals surface area contributed by atoms with Gasteiger partial charge in [0.05, 0.1) is 11.2 Å². The van der Waals surface area contributed by atoms with Crippen LogP contribution < -0.4 is 11.2 Å². The number of hydrogen-bond donors (Lipinski definition) is 1. The minimum Gasteiger partial charge on any atom is -0.411 e. The van der Waals surface area contributed by atoms with Crippen molar-refractivity contribution in [3.63, 3.8) is 0 Å². The van der Waals surface area contributed by atoms with Crippen LogP contribution in [0.5, 0.6) is 0 Å². The van der Waals surface area contributed by atoms with Crippen LogP contribution in [-0.2, 0) is 7.05 Å². The largest absolute Gasteiger partial charge is 0.411 e. The molecule has 2 aromatic heterocycles. The predicted octanol–water partition coefficient (Wildman–Crippen LogP) is 0.840. The van der Waals surface area contributed by atoms with Crippen LogP contribution in [0, 0.1) is 12.7 Å². The van der Waals surface area contributed by atoms with Gasteiger partial charge in [-0.3, -0.25) is 4.79 Å². The zero-order valence-electron chi connectivity index (χ0n) is 11.0. The summed E-state index contributed by atoms with van der Waals surface area (Å²) in [5, 5.41) is 11.1. The molecular formula is C12H10ClFN4O3. The molecule has 0 bridgehead atoms. The van der Waals surface area contributed by atoms with Gasteiger partial charge in [0, 0.05) is 18.8 Å². The van der Waals surface area contributed by atoms with Gasteiger partial charge in [0.25, 0.3) is 5.56 Å². The second-order valence-electron chi connectivity index (χ2n) is 4.21. The van der Waals surface area contributed by atoms with E-state index in [-0.39, 0.29) is 10.7 Å². The van der Waals surface area contributed by atoms with E-state index in [1.165, 1.54) is 17.7 Å². The van der Waals surface area contributed by atoms with Gasteiger partial charge in [-0.1, -0.05) is 16.8 Å². The normalized spacial score (nSPS) is 11.2. The van der Waals surface area contributed by atoms with Gasteiger partial charge in [-0.05, 0) is 13.0 Å². The van der Waals surface area contributed by atoms with Gasteiger partial charge in [0.2, 0.25) is 0 Å². The van der Waals surface area contributed by atoms with Gasteiger partial charge in [-0.25, -0.2) is 18.7 Å². The Morgan fingerprint density at radius 2 is 2.10 bits per heavy atom. The van der Waals surface area contributed by atoms with Crippen molar-refractivity contribution in [1.29, 1.82) is 0 Å². The van der Waals surface area contributed by atoms with E-state index in [0.717, 1.165) is 12.3 Å². The summed E-state index contributed by atoms with van der Waals surface area (Å²) in [7, 11) is 1.44. The van der Waals surface area contributed by atoms with Gasteiger partial charge >= 0.3 is 5.69 Å². The molecule has 2 heterocycles. The Morgan fingerprint density at radius 1 is 1.43 bits per heavy atom. The molecule has 0 radical (unpaired) electrons. The summed E-state index contributed by atoms with van der Waals surface area (Å²) in [5.74, 6) is -1.46. The number of aryl methyl sites for hydroxylation is 1. The predicted molar refractivity (Wildman–Crippen MR) is 74.2 cm³/mol. The fraction of sp³-hybridized carbons (Fsp3) is 0.167. The molecule has 9 heteroatoms. The van der Waals surface area contributed by atoms with Crippen molar-refractivity contribution in [2.24, 2.45) is 12.2 Å². The monoisotopic (exact) mass is 312 g/mol. The molecule has 110 valence electrons. The number of nitrogens with zero attached hydrogens (tertiary/aromatic N) is 4. The summed E-state index contributed by atoms with van der Waals surface area (Å²) < 4.78 is 15.7. The van der Waals surface area contributed by atoms with Crippen LogP contribution in [0.1, 0.15) is 11.4 Å². The number of hydrogen-bond acceptors (Lipinski definition) is 5. The maximum Gasteiger partial charge on any atom is 0.336 e. The van der Waals surface area contributed by atoms with E-state index in [0.29, 0.717) is 10.3 Å². The lowest BCUT2D eigenvalue weighted by atomic mass is 10.3. The lowest BCUT2D eigenvalue weighted by molar-refractivity contribution is 0.321. The minimum absolute atomic E-state index is 0.0786. The molecule has 0 atom stereocenters. The number of rotatable bonds is 2. The highest BCUT2D eigenvalue weighted by molar-refractivity contribution is 6.32. The Balaban J connectivity index is 2.86. The van der Waals surface area contributed by atoms with E-state index >= 15 is 0 Å². The van der Waals surface area contributed by atoms with E-state index in [4.69, 9.17) is 16.8 Å². The molecule has 0 amide bonds. The van der Waals surface area contributed by atoms with Crippen LogP contribution >= 0.6 is 11.6 Å². The van der Waals surface area contributed by atoms with Crippen molar-refractivity contribution < 1.29 is 9.60 Å². The Kier molecular flexibility index (Phi) is 3.90. The number of aromatic nitrogens is 3. The maximum atomic E-state index is 14.0. The Bertz CT molecular complexity index is 857. The van der Waals surface area contributed by atoms with Crippen LogP contribution in [-0.4, -0.2) is 25.5 Å². The fourth-order valence-corrected chi connectivity index (χ4v) is 1.89. The molecule has 0 aromatic carbocycles. The highest BCUT2D eigenvalue weighted by Gasteiger charge is 2.16. The molecule has 0 unspecified atom stereocenters. The van der Waals surface area contributed by atoms with Gasteiger partial charge in [-0.2, -0.15) is 0 Å². The van der Waals surface area contributed by atoms with Crippen molar-refractivity contribution in [3.05, 3.63) is 55.2 Å². The van der Waals surface area contributed by atoms with Crippen molar-refractivity contribution in [2.75, 3.05) is 0 Å². The highest BCUT2D eigenvalue weighted by Crippen LogP contribution is 2.17. The summed E-state index contributed by atoms with van der Waals surface area (Å²) >= 11 is 5.73. The van der Waals surface area contributed by atoms with Crippen molar-refractivity contribution in [1.82, 2.24) is 14.1 Å². The van der Waals surface area contributed by atoms with Crippen LogP contribution in [0.15, 0.2) is 26.9 Å². The third-order valence-electron chi connectivity index (χ3n) is 2.89. The Morgan fingerprint density at radius 3 is 2.71 bits per heavy atom. The first-order chi connectivity index (χ1) is 9.86. The van der Waals surface area contributed by atoms with Crippen LogP contribution in [0.4, 0.5) is 4.39 Å². The molecule has 0 aliphatic heterocycles. The summed E-state index contributed by atoms with van der Waals surface area (Å²) in [6, 6.07) is 2.06. The van der Waals surface area contributed by atoms with Crippen molar-refractivity contribution in [2.45, 2.75) is 6.92 Å². The fourth-order valence-electron chi connectivity index (χ4n) is 1.70. The average Bonchev–Trinajstić information content (AvgIpc) is 2.41. The first-order valence-electron chi connectivity index (χ1n) is 5.70. The topological polar surface area (TPSA) is 89.5 Å². The van der Waals surface area contributed by atoms with Crippen molar-refractivity contribution in [3.8, 4) is 5.82 Å². The molecule has 0 spiro atoms. The quantitative estimate of drug-likeness (QED) is 0.505. The molecule has 1 N–H and O–H groups in total.